The number of pyridine rings is 2. The first kappa shape index (κ1) is 39.5. The van der Waals surface area contributed by atoms with E-state index in [9.17, 15) is 23.5 Å². The van der Waals surface area contributed by atoms with Crippen LogP contribution in [0.15, 0.2) is 122 Å². The summed E-state index contributed by atoms with van der Waals surface area (Å²) in [7, 11) is 5.39. The minimum atomic E-state index is -0.937. The van der Waals surface area contributed by atoms with Gasteiger partial charge in [0.05, 0.1) is 29.6 Å². The molecule has 0 saturated heterocycles. The number of hydrogen-bond acceptors (Lipinski definition) is 5. The molecule has 0 bridgehead atoms. The van der Waals surface area contributed by atoms with Gasteiger partial charge in [0, 0.05) is 84.7 Å². The van der Waals surface area contributed by atoms with Crippen molar-refractivity contribution in [2.75, 3.05) is 7.11 Å². The number of ether oxygens (including phenoxy) is 1. The average Bonchev–Trinajstić information content (AvgIpc) is 4.22. The molecule has 0 spiro atoms. The van der Waals surface area contributed by atoms with Crippen molar-refractivity contribution in [1.82, 2.24) is 19.1 Å². The molecule has 10 rings (SSSR count). The van der Waals surface area contributed by atoms with Gasteiger partial charge in [-0.05, 0) is 132 Å². The second kappa shape index (κ2) is 16.3. The van der Waals surface area contributed by atoms with Crippen LogP contribution in [0.4, 0.5) is 8.78 Å². The van der Waals surface area contributed by atoms with Gasteiger partial charge in [0.25, 0.3) is 0 Å². The van der Waals surface area contributed by atoms with Crippen LogP contribution in [0.25, 0.3) is 44.1 Å². The van der Waals surface area contributed by atoms with Crippen LogP contribution in [0.5, 0.6) is 0 Å². The molecule has 10 heteroatoms. The minimum Gasteiger partial charge on any atom is -0.478 e. The van der Waals surface area contributed by atoms with Crippen LogP contribution in [-0.4, -0.2) is 43.3 Å². The standard InChI is InChI=1S/C26H23FN2O2.C25H21FN2O2/c1-29-15-23(18-6-8-20(27)9-7-18)21-11-16(3-10-25(21)29)12-24-22(26(30)31-2)13-19(14-28-24)17-4-5-17;1-28-14-22(17-5-7-19(26)8-6-17)20-10-15(2-9-24(20)28)11-23-21(25(29)30)12-18(13-27-23)16-3-4-16/h3,6-11,13-15,17H,4-5,12H2,1-2H3;2,5-10,12-14,16H,3-4,11H2,1H3,(H,29,30). The molecule has 1 N–H and O–H groups in total. The summed E-state index contributed by atoms with van der Waals surface area (Å²) >= 11 is 0. The van der Waals surface area contributed by atoms with Crippen LogP contribution >= 0.6 is 0 Å². The highest BCUT2D eigenvalue weighted by atomic mass is 19.1. The molecule has 4 heterocycles. The molecule has 0 amide bonds. The summed E-state index contributed by atoms with van der Waals surface area (Å²) in [5, 5.41) is 11.8. The molecular weight excluding hydrogens is 771 g/mol. The van der Waals surface area contributed by atoms with Gasteiger partial charge < -0.3 is 19.0 Å². The zero-order chi connectivity index (χ0) is 42.4. The monoisotopic (exact) mass is 814 g/mol. The molecule has 2 aliphatic rings. The number of halogens is 2. The molecule has 4 aromatic carbocycles. The molecule has 2 fully saturated rings. The Kier molecular flexibility index (Phi) is 10.5. The fraction of sp³-hybridized carbons (Fsp3) is 0.216. The second-order valence-corrected chi connectivity index (χ2v) is 16.2. The predicted octanol–water partition coefficient (Wildman–Crippen LogP) is 11.2. The van der Waals surface area contributed by atoms with Gasteiger partial charge in [0.2, 0.25) is 0 Å². The number of aromatic carboxylic acids is 1. The second-order valence-electron chi connectivity index (χ2n) is 16.2. The number of nitrogens with zero attached hydrogens (tertiary/aromatic N) is 4. The van der Waals surface area contributed by atoms with Crippen LogP contribution in [-0.2, 0) is 31.7 Å². The SMILES string of the molecule is COC(=O)c1cc(C2CC2)cnc1Cc1ccc2c(c1)c(-c1ccc(F)cc1)cn2C.Cn1cc(-c2ccc(F)cc2)c2cc(Cc3ncc(C4CC4)cc3C(=O)O)ccc21. The van der Waals surface area contributed by atoms with E-state index in [2.05, 4.69) is 45.0 Å². The number of methoxy groups -OCH3 is 1. The Bertz CT molecular complexity index is 2960. The minimum absolute atomic E-state index is 0.249. The van der Waals surface area contributed by atoms with Gasteiger partial charge in [-0.15, -0.1) is 0 Å². The molecular formula is C51H44F2N4O4. The quantitative estimate of drug-likeness (QED) is 0.138. The van der Waals surface area contributed by atoms with Crippen LogP contribution in [0.3, 0.4) is 0 Å². The highest BCUT2D eigenvalue weighted by Gasteiger charge is 2.27. The van der Waals surface area contributed by atoms with Crippen molar-refractivity contribution >= 4 is 33.7 Å². The van der Waals surface area contributed by atoms with Gasteiger partial charge in [-0.3, -0.25) is 9.97 Å². The normalized spacial score (nSPS) is 13.6. The van der Waals surface area contributed by atoms with Crippen molar-refractivity contribution in [3.05, 3.63) is 178 Å². The molecule has 2 aliphatic carbocycles. The highest BCUT2D eigenvalue weighted by molar-refractivity contribution is 5.98. The summed E-state index contributed by atoms with van der Waals surface area (Å²) < 4.78 is 35.9. The summed E-state index contributed by atoms with van der Waals surface area (Å²) in [5.74, 6) is -0.819. The Hall–Kier alpha value is -6.94. The van der Waals surface area contributed by atoms with Crippen molar-refractivity contribution in [3.8, 4) is 22.3 Å². The first-order valence-electron chi connectivity index (χ1n) is 20.5. The van der Waals surface area contributed by atoms with E-state index in [4.69, 9.17) is 4.74 Å². The first-order valence-corrected chi connectivity index (χ1v) is 20.5. The maximum Gasteiger partial charge on any atom is 0.339 e. The third-order valence-electron chi connectivity index (χ3n) is 11.9. The van der Waals surface area contributed by atoms with Crippen LogP contribution < -0.4 is 0 Å². The zero-order valence-corrected chi connectivity index (χ0v) is 34.2. The van der Waals surface area contributed by atoms with E-state index in [0.717, 1.165) is 97.7 Å². The Labute approximate surface area is 352 Å². The fourth-order valence-electron chi connectivity index (χ4n) is 8.26. The lowest BCUT2D eigenvalue weighted by atomic mass is 9.99. The van der Waals surface area contributed by atoms with Crippen molar-refractivity contribution in [2.45, 2.75) is 50.4 Å². The summed E-state index contributed by atoms with van der Waals surface area (Å²) in [4.78, 5) is 33.4. The summed E-state index contributed by atoms with van der Waals surface area (Å²) in [6, 6.07) is 29.1. The molecule has 61 heavy (non-hydrogen) atoms. The maximum absolute atomic E-state index is 13.4. The Morgan fingerprint density at radius 2 is 1.07 bits per heavy atom. The number of aromatic nitrogens is 4. The summed E-state index contributed by atoms with van der Waals surface area (Å²) in [6.07, 6.45) is 13.3. The third kappa shape index (κ3) is 8.31. The molecule has 8 aromatic rings. The number of rotatable bonds is 10. The Morgan fingerprint density at radius 3 is 1.48 bits per heavy atom. The van der Waals surface area contributed by atoms with Crippen molar-refractivity contribution in [1.29, 1.82) is 0 Å². The number of fused-ring (bicyclic) bond motifs is 2. The maximum atomic E-state index is 13.4. The van der Waals surface area contributed by atoms with Crippen LogP contribution in [0, 0.1) is 11.6 Å². The van der Waals surface area contributed by atoms with E-state index < -0.39 is 5.97 Å². The number of benzene rings is 4. The van der Waals surface area contributed by atoms with Crippen LogP contribution in [0.1, 0.15) is 91.9 Å². The summed E-state index contributed by atoms with van der Waals surface area (Å²) in [6.45, 7) is 0. The van der Waals surface area contributed by atoms with E-state index in [1.165, 1.54) is 31.4 Å². The van der Waals surface area contributed by atoms with Gasteiger partial charge >= 0.3 is 11.9 Å². The highest BCUT2D eigenvalue weighted by Crippen LogP contribution is 2.41. The van der Waals surface area contributed by atoms with Crippen LogP contribution in [0.2, 0.25) is 0 Å². The Balaban J connectivity index is 0.000000156. The lowest BCUT2D eigenvalue weighted by Gasteiger charge is -2.10. The van der Waals surface area contributed by atoms with E-state index >= 15 is 0 Å². The molecule has 0 unspecified atom stereocenters. The largest absolute Gasteiger partial charge is 0.478 e. The predicted molar refractivity (Wildman–Crippen MR) is 233 cm³/mol. The molecule has 306 valence electrons. The number of carboxylic acid groups (broad SMARTS) is 1. The van der Waals surface area contributed by atoms with Crippen molar-refractivity contribution < 1.29 is 28.2 Å². The lowest BCUT2D eigenvalue weighted by molar-refractivity contribution is 0.0598. The number of carboxylic acids is 1. The van der Waals surface area contributed by atoms with E-state index in [1.54, 1.807) is 30.3 Å². The van der Waals surface area contributed by atoms with Gasteiger partial charge in [-0.1, -0.05) is 36.4 Å². The van der Waals surface area contributed by atoms with Crippen molar-refractivity contribution in [3.63, 3.8) is 0 Å². The molecule has 2 saturated carbocycles. The molecule has 0 aliphatic heterocycles. The van der Waals surface area contributed by atoms with Gasteiger partial charge in [-0.25, -0.2) is 18.4 Å². The van der Waals surface area contributed by atoms with Gasteiger partial charge in [-0.2, -0.15) is 0 Å². The number of esters is 1. The molecule has 0 atom stereocenters. The number of carbonyl (C=O) groups is 2. The first-order chi connectivity index (χ1) is 29.5. The Morgan fingerprint density at radius 1 is 0.639 bits per heavy atom. The topological polar surface area (TPSA) is 99.2 Å². The van der Waals surface area contributed by atoms with E-state index in [0.29, 0.717) is 35.9 Å². The molecule has 0 radical (unpaired) electrons. The number of carbonyl (C=O) groups excluding carboxylic acids is 1. The molecule has 8 nitrogen and oxygen atoms in total. The van der Waals surface area contributed by atoms with Gasteiger partial charge in [0.1, 0.15) is 11.6 Å². The number of hydrogen-bond donors (Lipinski definition) is 1. The lowest BCUT2D eigenvalue weighted by Crippen LogP contribution is -2.09. The number of aryl methyl sites for hydroxylation is 2. The zero-order valence-electron chi connectivity index (χ0n) is 34.2. The fourth-order valence-corrected chi connectivity index (χ4v) is 8.26. The smallest absolute Gasteiger partial charge is 0.339 e. The summed E-state index contributed by atoms with van der Waals surface area (Å²) in [5.41, 5.74) is 12.4. The van der Waals surface area contributed by atoms with Crippen molar-refractivity contribution in [2.24, 2.45) is 14.1 Å². The van der Waals surface area contributed by atoms with E-state index in [1.807, 2.05) is 55.5 Å². The van der Waals surface area contributed by atoms with Gasteiger partial charge in [0.15, 0.2) is 0 Å². The average molecular weight is 815 g/mol. The molecule has 4 aromatic heterocycles. The third-order valence-corrected chi connectivity index (χ3v) is 11.9. The van der Waals surface area contributed by atoms with E-state index in [-0.39, 0.29) is 23.2 Å².